The molecule has 0 saturated carbocycles. The number of hydrogen-bond acceptors (Lipinski definition) is 5. The fourth-order valence-corrected chi connectivity index (χ4v) is 3.45. The SMILES string of the molecule is CN(Cc1cscn1)CC1(CNC(C)(C)C)CCCOC1. The minimum absolute atomic E-state index is 0.151. The third-order valence-corrected chi connectivity index (χ3v) is 4.55. The largest absolute Gasteiger partial charge is 0.381 e. The molecule has 1 N–H and O–H groups in total. The van der Waals surface area contributed by atoms with E-state index in [9.17, 15) is 0 Å². The molecule has 21 heavy (non-hydrogen) atoms. The van der Waals surface area contributed by atoms with Gasteiger partial charge in [0.1, 0.15) is 0 Å². The van der Waals surface area contributed by atoms with Gasteiger partial charge >= 0.3 is 0 Å². The molecule has 0 radical (unpaired) electrons. The lowest BCUT2D eigenvalue weighted by Crippen LogP contribution is -2.51. The maximum atomic E-state index is 5.81. The van der Waals surface area contributed by atoms with Gasteiger partial charge in [-0.15, -0.1) is 11.3 Å². The number of thiazole rings is 1. The maximum absolute atomic E-state index is 5.81. The smallest absolute Gasteiger partial charge is 0.0795 e. The summed E-state index contributed by atoms with van der Waals surface area (Å²) in [6.07, 6.45) is 2.40. The van der Waals surface area contributed by atoms with Crippen LogP contribution in [0.2, 0.25) is 0 Å². The van der Waals surface area contributed by atoms with E-state index in [4.69, 9.17) is 4.74 Å². The van der Waals surface area contributed by atoms with Crippen molar-refractivity contribution in [2.24, 2.45) is 5.41 Å². The lowest BCUT2D eigenvalue weighted by molar-refractivity contribution is -0.0264. The molecular formula is C16H29N3OS. The van der Waals surface area contributed by atoms with Crippen LogP contribution in [0.15, 0.2) is 10.9 Å². The van der Waals surface area contributed by atoms with Crippen LogP contribution in [0.5, 0.6) is 0 Å². The predicted molar refractivity (Wildman–Crippen MR) is 88.7 cm³/mol. The molecule has 5 heteroatoms. The Balaban J connectivity index is 1.94. The second-order valence-electron chi connectivity index (χ2n) is 7.41. The van der Waals surface area contributed by atoms with Gasteiger partial charge in [0.2, 0.25) is 0 Å². The molecule has 0 spiro atoms. The average molecular weight is 311 g/mol. The Hall–Kier alpha value is -0.490. The molecule has 2 rings (SSSR count). The van der Waals surface area contributed by atoms with Crippen LogP contribution in [0.3, 0.4) is 0 Å². The van der Waals surface area contributed by atoms with Crippen LogP contribution in [0.4, 0.5) is 0 Å². The summed E-state index contributed by atoms with van der Waals surface area (Å²) in [7, 11) is 2.19. The normalized spacial score (nSPS) is 23.7. The lowest BCUT2D eigenvalue weighted by Gasteiger charge is -2.41. The van der Waals surface area contributed by atoms with E-state index >= 15 is 0 Å². The van der Waals surface area contributed by atoms with Crippen LogP contribution in [0.1, 0.15) is 39.3 Å². The molecule has 0 aliphatic carbocycles. The number of rotatable bonds is 6. The molecule has 1 fully saturated rings. The van der Waals surface area contributed by atoms with Crippen LogP contribution in [-0.2, 0) is 11.3 Å². The van der Waals surface area contributed by atoms with Crippen LogP contribution < -0.4 is 5.32 Å². The van der Waals surface area contributed by atoms with E-state index in [1.54, 1.807) is 11.3 Å². The molecule has 1 atom stereocenters. The average Bonchev–Trinajstić information content (AvgIpc) is 2.89. The highest BCUT2D eigenvalue weighted by atomic mass is 32.1. The van der Waals surface area contributed by atoms with Gasteiger partial charge < -0.3 is 10.1 Å². The van der Waals surface area contributed by atoms with Crippen LogP contribution >= 0.6 is 11.3 Å². The summed E-state index contributed by atoms with van der Waals surface area (Å²) in [5.41, 5.74) is 3.44. The predicted octanol–water partition coefficient (Wildman–Crippen LogP) is 2.76. The first-order valence-corrected chi connectivity index (χ1v) is 8.71. The monoisotopic (exact) mass is 311 g/mol. The van der Waals surface area contributed by atoms with E-state index in [1.807, 2.05) is 5.51 Å². The molecule has 120 valence electrons. The molecule has 4 nitrogen and oxygen atoms in total. The number of hydrogen-bond donors (Lipinski definition) is 1. The second-order valence-corrected chi connectivity index (χ2v) is 8.13. The van der Waals surface area contributed by atoms with Crippen LogP contribution in [-0.4, -0.2) is 48.8 Å². The van der Waals surface area contributed by atoms with Gasteiger partial charge in [-0.05, 0) is 40.7 Å². The zero-order valence-electron chi connectivity index (χ0n) is 13.8. The third kappa shape index (κ3) is 5.66. The van der Waals surface area contributed by atoms with Gasteiger partial charge in [0.15, 0.2) is 0 Å². The second kappa shape index (κ2) is 7.18. The van der Waals surface area contributed by atoms with E-state index in [1.165, 1.54) is 6.42 Å². The summed E-state index contributed by atoms with van der Waals surface area (Å²) in [5, 5.41) is 5.81. The Bertz CT molecular complexity index is 408. The van der Waals surface area contributed by atoms with Gasteiger partial charge in [-0.3, -0.25) is 4.90 Å². The zero-order chi connectivity index (χ0) is 15.3. The van der Waals surface area contributed by atoms with E-state index in [-0.39, 0.29) is 11.0 Å². The third-order valence-electron chi connectivity index (χ3n) is 3.92. The Kier molecular flexibility index (Phi) is 5.77. The van der Waals surface area contributed by atoms with Crippen LogP contribution in [0, 0.1) is 5.41 Å². The zero-order valence-corrected chi connectivity index (χ0v) is 14.6. The van der Waals surface area contributed by atoms with E-state index in [0.717, 1.165) is 45.0 Å². The minimum atomic E-state index is 0.151. The molecule has 1 aromatic heterocycles. The molecule has 1 saturated heterocycles. The van der Waals surface area contributed by atoms with Crippen molar-refractivity contribution in [3.8, 4) is 0 Å². The molecule has 0 bridgehead atoms. The first-order chi connectivity index (χ1) is 9.89. The molecule has 2 heterocycles. The van der Waals surface area contributed by atoms with Crippen molar-refractivity contribution < 1.29 is 4.74 Å². The molecule has 1 unspecified atom stereocenters. The highest BCUT2D eigenvalue weighted by molar-refractivity contribution is 7.07. The quantitative estimate of drug-likeness (QED) is 0.876. The van der Waals surface area contributed by atoms with Crippen molar-refractivity contribution in [2.75, 3.05) is 33.4 Å². The van der Waals surface area contributed by atoms with Crippen molar-refractivity contribution >= 4 is 11.3 Å². The Morgan fingerprint density at radius 2 is 2.29 bits per heavy atom. The molecule has 1 aromatic rings. The van der Waals surface area contributed by atoms with Gasteiger partial charge in [-0.25, -0.2) is 4.98 Å². The highest BCUT2D eigenvalue weighted by Gasteiger charge is 2.35. The molecule has 1 aliphatic rings. The summed E-state index contributed by atoms with van der Waals surface area (Å²) in [4.78, 5) is 6.77. The number of ether oxygens (including phenoxy) is 1. The van der Waals surface area contributed by atoms with Gasteiger partial charge in [0, 0.05) is 42.6 Å². The minimum Gasteiger partial charge on any atom is -0.381 e. The topological polar surface area (TPSA) is 37.4 Å². The number of aromatic nitrogens is 1. The van der Waals surface area contributed by atoms with Crippen LogP contribution in [0.25, 0.3) is 0 Å². The number of nitrogens with one attached hydrogen (secondary N) is 1. The summed E-state index contributed by atoms with van der Waals surface area (Å²) in [6, 6.07) is 0. The summed E-state index contributed by atoms with van der Waals surface area (Å²) >= 11 is 1.67. The van der Waals surface area contributed by atoms with Gasteiger partial charge in [0.05, 0.1) is 17.8 Å². The van der Waals surface area contributed by atoms with Crippen molar-refractivity contribution in [2.45, 2.75) is 45.7 Å². The molecule has 0 amide bonds. The van der Waals surface area contributed by atoms with E-state index in [2.05, 4.69) is 48.4 Å². The first kappa shape index (κ1) is 16.9. The first-order valence-electron chi connectivity index (χ1n) is 7.77. The summed E-state index contributed by atoms with van der Waals surface area (Å²) in [6.45, 7) is 11.4. The Morgan fingerprint density at radius 3 is 2.86 bits per heavy atom. The van der Waals surface area contributed by atoms with Crippen molar-refractivity contribution in [1.82, 2.24) is 15.2 Å². The maximum Gasteiger partial charge on any atom is 0.0795 e. The molecule has 1 aliphatic heterocycles. The Morgan fingerprint density at radius 1 is 1.48 bits per heavy atom. The fourth-order valence-electron chi connectivity index (χ4n) is 2.90. The highest BCUT2D eigenvalue weighted by Crippen LogP contribution is 2.30. The van der Waals surface area contributed by atoms with Crippen molar-refractivity contribution in [3.63, 3.8) is 0 Å². The standard InChI is InChI=1S/C16H29N3OS/c1-15(2,3)18-10-16(6-5-7-20-12-16)11-19(4)8-14-9-21-13-17-14/h9,13,18H,5-8,10-12H2,1-4H3. The van der Waals surface area contributed by atoms with E-state index < -0.39 is 0 Å². The Labute approximate surface area is 132 Å². The van der Waals surface area contributed by atoms with Gasteiger partial charge in [-0.2, -0.15) is 0 Å². The molecule has 0 aromatic carbocycles. The summed E-state index contributed by atoms with van der Waals surface area (Å²) < 4.78 is 5.81. The summed E-state index contributed by atoms with van der Waals surface area (Å²) in [5.74, 6) is 0. The van der Waals surface area contributed by atoms with E-state index in [0.29, 0.717) is 0 Å². The fraction of sp³-hybridized carbons (Fsp3) is 0.812. The number of nitrogens with zero attached hydrogens (tertiary/aromatic N) is 2. The van der Waals surface area contributed by atoms with Crippen molar-refractivity contribution in [1.29, 1.82) is 0 Å². The lowest BCUT2D eigenvalue weighted by atomic mass is 9.81. The van der Waals surface area contributed by atoms with Crippen molar-refractivity contribution in [3.05, 3.63) is 16.6 Å². The van der Waals surface area contributed by atoms with Gasteiger partial charge in [0.25, 0.3) is 0 Å². The van der Waals surface area contributed by atoms with Gasteiger partial charge in [-0.1, -0.05) is 0 Å². The molecular weight excluding hydrogens is 282 g/mol.